The molecular weight excluding hydrogens is 337 g/mol. The number of carbonyl (C=O) groups excluding carboxylic acids is 1. The number of amides is 1. The fraction of sp³-hybridized carbons (Fsp3) is 0.263. The van der Waals surface area contributed by atoms with Crippen molar-refractivity contribution in [3.8, 4) is 5.75 Å². The zero-order chi connectivity index (χ0) is 18.7. The van der Waals surface area contributed by atoms with Crippen molar-refractivity contribution in [1.82, 2.24) is 15.2 Å². The molecule has 6 nitrogen and oxygen atoms in total. The van der Waals surface area contributed by atoms with E-state index in [0.29, 0.717) is 28.3 Å². The van der Waals surface area contributed by atoms with Crippen LogP contribution < -0.4 is 10.1 Å². The van der Waals surface area contributed by atoms with E-state index in [4.69, 9.17) is 9.15 Å². The number of hydrogen-bond donors (Lipinski definition) is 1. The van der Waals surface area contributed by atoms with Crippen LogP contribution in [0.25, 0.3) is 11.1 Å². The zero-order valence-electron chi connectivity index (χ0n) is 14.8. The summed E-state index contributed by atoms with van der Waals surface area (Å²) in [6.07, 6.45) is 0. The van der Waals surface area contributed by atoms with E-state index in [0.717, 1.165) is 0 Å². The molecule has 7 heteroatoms. The first-order chi connectivity index (χ1) is 12.5. The highest BCUT2D eigenvalue weighted by Crippen LogP contribution is 2.23. The highest BCUT2D eigenvalue weighted by Gasteiger charge is 2.25. The van der Waals surface area contributed by atoms with Gasteiger partial charge in [0, 0.05) is 11.6 Å². The van der Waals surface area contributed by atoms with Crippen molar-refractivity contribution in [3.05, 3.63) is 59.7 Å². The van der Waals surface area contributed by atoms with Crippen LogP contribution in [-0.2, 0) is 11.3 Å². The lowest BCUT2D eigenvalue weighted by molar-refractivity contribution is -0.126. The standard InChI is InChI=1S/C19H20FN3O3/c1-23(2)18(13-6-4-5-7-14(13)20)19(24)21-11-17-22-15-10-12(25-3)8-9-16(15)26-17/h4-10,18H,11H2,1-3H3,(H,21,24). The number of fused-ring (bicyclic) bond motifs is 1. The average Bonchev–Trinajstić information content (AvgIpc) is 3.03. The van der Waals surface area contributed by atoms with Crippen LogP contribution in [0.15, 0.2) is 46.9 Å². The lowest BCUT2D eigenvalue weighted by atomic mass is 10.0. The smallest absolute Gasteiger partial charge is 0.242 e. The number of halogens is 1. The predicted molar refractivity (Wildman–Crippen MR) is 95.2 cm³/mol. The summed E-state index contributed by atoms with van der Waals surface area (Å²) in [5, 5.41) is 2.76. The summed E-state index contributed by atoms with van der Waals surface area (Å²) < 4.78 is 24.9. The van der Waals surface area contributed by atoms with Crippen molar-refractivity contribution in [2.75, 3.05) is 21.2 Å². The zero-order valence-corrected chi connectivity index (χ0v) is 14.8. The van der Waals surface area contributed by atoms with Gasteiger partial charge in [0.1, 0.15) is 23.1 Å². The molecule has 0 aliphatic rings. The highest BCUT2D eigenvalue weighted by atomic mass is 19.1. The molecule has 0 radical (unpaired) electrons. The normalized spacial score (nSPS) is 12.3. The fourth-order valence-electron chi connectivity index (χ4n) is 2.77. The molecule has 1 heterocycles. The number of nitrogens with one attached hydrogen (secondary N) is 1. The Kier molecular flexibility index (Phi) is 5.18. The van der Waals surface area contributed by atoms with E-state index in [1.807, 2.05) is 0 Å². The molecule has 1 aromatic heterocycles. The Bertz CT molecular complexity index is 923. The number of rotatable bonds is 6. The molecule has 0 aliphatic heterocycles. The second-order valence-electron chi connectivity index (χ2n) is 6.05. The molecule has 1 amide bonds. The van der Waals surface area contributed by atoms with Gasteiger partial charge >= 0.3 is 0 Å². The third-order valence-electron chi connectivity index (χ3n) is 4.02. The van der Waals surface area contributed by atoms with E-state index in [-0.39, 0.29) is 12.5 Å². The SMILES string of the molecule is COc1ccc2oc(CNC(=O)C(c3ccccc3F)N(C)C)nc2c1. The number of oxazole rings is 1. The Hall–Kier alpha value is -2.93. The van der Waals surface area contributed by atoms with Gasteiger partial charge in [-0.15, -0.1) is 0 Å². The minimum Gasteiger partial charge on any atom is -0.497 e. The summed E-state index contributed by atoms with van der Waals surface area (Å²) >= 11 is 0. The molecule has 1 atom stereocenters. The van der Waals surface area contributed by atoms with Gasteiger partial charge < -0.3 is 14.5 Å². The minimum atomic E-state index is -0.749. The van der Waals surface area contributed by atoms with Gasteiger partial charge in [-0.25, -0.2) is 9.37 Å². The van der Waals surface area contributed by atoms with Gasteiger partial charge in [0.2, 0.25) is 11.8 Å². The number of carbonyl (C=O) groups is 1. The highest BCUT2D eigenvalue weighted by molar-refractivity contribution is 5.83. The van der Waals surface area contributed by atoms with Gasteiger partial charge in [0.25, 0.3) is 0 Å². The summed E-state index contributed by atoms with van der Waals surface area (Å²) in [5.41, 5.74) is 1.57. The number of methoxy groups -OCH3 is 1. The summed E-state index contributed by atoms with van der Waals surface area (Å²) in [5.74, 6) is 0.288. The summed E-state index contributed by atoms with van der Waals surface area (Å²) in [4.78, 5) is 18.6. The first-order valence-electron chi connectivity index (χ1n) is 8.11. The molecule has 0 saturated heterocycles. The van der Waals surface area contributed by atoms with Crippen LogP contribution in [0.5, 0.6) is 5.75 Å². The molecule has 0 spiro atoms. The lowest BCUT2D eigenvalue weighted by Crippen LogP contribution is -2.37. The molecule has 0 fully saturated rings. The van der Waals surface area contributed by atoms with E-state index in [1.54, 1.807) is 62.5 Å². The van der Waals surface area contributed by atoms with Gasteiger partial charge in [-0.05, 0) is 32.3 Å². The Morgan fingerprint density at radius 1 is 1.31 bits per heavy atom. The first kappa shape index (κ1) is 17.9. The van der Waals surface area contributed by atoms with Crippen LogP contribution in [-0.4, -0.2) is 37.0 Å². The lowest BCUT2D eigenvalue weighted by Gasteiger charge is -2.23. The molecule has 1 unspecified atom stereocenters. The van der Waals surface area contributed by atoms with Crippen LogP contribution >= 0.6 is 0 Å². The second-order valence-corrected chi connectivity index (χ2v) is 6.05. The van der Waals surface area contributed by atoms with Gasteiger partial charge in [-0.2, -0.15) is 0 Å². The minimum absolute atomic E-state index is 0.106. The van der Waals surface area contributed by atoms with Crippen molar-refractivity contribution in [3.63, 3.8) is 0 Å². The van der Waals surface area contributed by atoms with Crippen LogP contribution in [0.3, 0.4) is 0 Å². The van der Waals surface area contributed by atoms with Crippen molar-refractivity contribution in [1.29, 1.82) is 0 Å². The van der Waals surface area contributed by atoms with E-state index in [2.05, 4.69) is 10.3 Å². The van der Waals surface area contributed by atoms with Gasteiger partial charge in [-0.1, -0.05) is 18.2 Å². The van der Waals surface area contributed by atoms with E-state index in [1.165, 1.54) is 6.07 Å². The van der Waals surface area contributed by atoms with Gasteiger partial charge in [-0.3, -0.25) is 9.69 Å². The quantitative estimate of drug-likeness (QED) is 0.735. The van der Waals surface area contributed by atoms with Gasteiger partial charge in [0.15, 0.2) is 5.58 Å². The molecule has 136 valence electrons. The third kappa shape index (κ3) is 3.67. The summed E-state index contributed by atoms with van der Waals surface area (Å²) in [6.45, 7) is 0.106. The van der Waals surface area contributed by atoms with Crippen molar-refractivity contribution in [2.45, 2.75) is 12.6 Å². The Balaban J connectivity index is 1.75. The maximum Gasteiger partial charge on any atom is 0.242 e. The molecule has 0 bridgehead atoms. The van der Waals surface area contributed by atoms with Crippen LogP contribution in [0.1, 0.15) is 17.5 Å². The van der Waals surface area contributed by atoms with E-state index in [9.17, 15) is 9.18 Å². The van der Waals surface area contributed by atoms with Gasteiger partial charge in [0.05, 0.1) is 13.7 Å². The van der Waals surface area contributed by atoms with Crippen LogP contribution in [0.4, 0.5) is 4.39 Å². The average molecular weight is 357 g/mol. The Morgan fingerprint density at radius 2 is 2.08 bits per heavy atom. The molecule has 1 N–H and O–H groups in total. The summed E-state index contributed by atoms with van der Waals surface area (Å²) in [6, 6.07) is 10.8. The van der Waals surface area contributed by atoms with Crippen molar-refractivity contribution < 1.29 is 18.3 Å². The fourth-order valence-corrected chi connectivity index (χ4v) is 2.77. The molecule has 3 rings (SSSR count). The summed E-state index contributed by atoms with van der Waals surface area (Å²) in [7, 11) is 5.03. The second kappa shape index (κ2) is 7.53. The Morgan fingerprint density at radius 3 is 2.77 bits per heavy atom. The molecule has 0 aliphatic carbocycles. The number of benzene rings is 2. The topological polar surface area (TPSA) is 67.6 Å². The maximum atomic E-state index is 14.1. The van der Waals surface area contributed by atoms with Crippen LogP contribution in [0, 0.1) is 5.82 Å². The molecular formula is C19H20FN3O3. The molecule has 3 aromatic rings. The number of ether oxygens (including phenoxy) is 1. The first-order valence-corrected chi connectivity index (χ1v) is 8.11. The number of hydrogen-bond acceptors (Lipinski definition) is 5. The van der Waals surface area contributed by atoms with Crippen LogP contribution in [0.2, 0.25) is 0 Å². The van der Waals surface area contributed by atoms with E-state index < -0.39 is 11.9 Å². The molecule has 26 heavy (non-hydrogen) atoms. The predicted octanol–water partition coefficient (Wildman–Crippen LogP) is 2.89. The number of likely N-dealkylation sites (N-methyl/N-ethyl adjacent to an activating group) is 1. The monoisotopic (exact) mass is 357 g/mol. The number of aromatic nitrogens is 1. The van der Waals surface area contributed by atoms with Crippen molar-refractivity contribution in [2.24, 2.45) is 0 Å². The Labute approximate surface area is 150 Å². The van der Waals surface area contributed by atoms with E-state index >= 15 is 0 Å². The molecule has 2 aromatic carbocycles. The maximum absolute atomic E-state index is 14.1. The molecule has 0 saturated carbocycles. The van der Waals surface area contributed by atoms with Crippen molar-refractivity contribution >= 4 is 17.0 Å². The third-order valence-corrected chi connectivity index (χ3v) is 4.02. The largest absolute Gasteiger partial charge is 0.497 e. The number of nitrogens with zero attached hydrogens (tertiary/aromatic N) is 2.